The molecule has 98 valence electrons. The summed E-state index contributed by atoms with van der Waals surface area (Å²) in [5, 5.41) is 0.243. The van der Waals surface area contributed by atoms with Crippen molar-refractivity contribution >= 4 is 22.8 Å². The fraction of sp³-hybridized carbons (Fsp3) is 0.545. The molecule has 0 aromatic carbocycles. The molecule has 0 saturated heterocycles. The lowest BCUT2D eigenvalue weighted by molar-refractivity contribution is 0.650. The minimum Gasteiger partial charge on any atom is -0.309 e. The molecule has 7 heteroatoms. The van der Waals surface area contributed by atoms with E-state index in [0.717, 1.165) is 12.8 Å². The third-order valence-electron chi connectivity index (χ3n) is 2.73. The van der Waals surface area contributed by atoms with Crippen molar-refractivity contribution in [1.29, 1.82) is 0 Å². The molecule has 18 heavy (non-hydrogen) atoms. The minimum absolute atomic E-state index is 0.243. The highest BCUT2D eigenvalue weighted by Crippen LogP contribution is 2.16. The first kappa shape index (κ1) is 12.9. The van der Waals surface area contributed by atoms with Crippen molar-refractivity contribution < 1.29 is 0 Å². The van der Waals surface area contributed by atoms with Crippen LogP contribution in [0.25, 0.3) is 11.2 Å². The van der Waals surface area contributed by atoms with Crippen molar-refractivity contribution in [1.82, 2.24) is 19.1 Å². The van der Waals surface area contributed by atoms with E-state index < -0.39 is 11.2 Å². The lowest BCUT2D eigenvalue weighted by atomic mass is 10.4. The van der Waals surface area contributed by atoms with Crippen LogP contribution in [0.5, 0.6) is 0 Å². The average Bonchev–Trinajstić information content (AvgIpc) is 2.63. The van der Waals surface area contributed by atoms with Gasteiger partial charge in [0.15, 0.2) is 11.2 Å². The molecule has 0 spiro atoms. The van der Waals surface area contributed by atoms with E-state index in [1.54, 1.807) is 4.57 Å². The highest BCUT2D eigenvalue weighted by atomic mass is 35.5. The van der Waals surface area contributed by atoms with Crippen LogP contribution in [-0.4, -0.2) is 19.1 Å². The Labute approximate surface area is 108 Å². The molecule has 0 atom stereocenters. The van der Waals surface area contributed by atoms with Gasteiger partial charge in [0.05, 0.1) is 0 Å². The number of hydrogen-bond donors (Lipinski definition) is 1. The molecule has 0 radical (unpaired) electrons. The van der Waals surface area contributed by atoms with Crippen molar-refractivity contribution in [2.24, 2.45) is 0 Å². The van der Waals surface area contributed by atoms with Crippen molar-refractivity contribution in [2.45, 2.75) is 39.8 Å². The second-order valence-electron chi connectivity index (χ2n) is 4.12. The Balaban J connectivity index is 2.85. The predicted molar refractivity (Wildman–Crippen MR) is 70.2 cm³/mol. The Bertz CT molecular complexity index is 683. The zero-order valence-electron chi connectivity index (χ0n) is 10.4. The number of hydrogen-bond acceptors (Lipinski definition) is 3. The molecule has 0 unspecified atom stereocenters. The van der Waals surface area contributed by atoms with Crippen LogP contribution in [0, 0.1) is 0 Å². The summed E-state index contributed by atoms with van der Waals surface area (Å²) in [5.74, 6) is 0. The lowest BCUT2D eigenvalue weighted by Crippen LogP contribution is -2.31. The maximum atomic E-state index is 11.9. The second-order valence-corrected chi connectivity index (χ2v) is 4.45. The summed E-state index contributed by atoms with van der Waals surface area (Å²) in [7, 11) is 0. The van der Waals surface area contributed by atoms with Crippen LogP contribution in [-0.2, 0) is 13.1 Å². The van der Waals surface area contributed by atoms with Gasteiger partial charge in [0.1, 0.15) is 0 Å². The first-order valence-corrected chi connectivity index (χ1v) is 6.36. The van der Waals surface area contributed by atoms with Gasteiger partial charge in [0.2, 0.25) is 5.28 Å². The van der Waals surface area contributed by atoms with Crippen LogP contribution < -0.4 is 11.2 Å². The zero-order valence-corrected chi connectivity index (χ0v) is 11.1. The molecule has 0 aliphatic carbocycles. The van der Waals surface area contributed by atoms with Crippen LogP contribution in [0.15, 0.2) is 9.59 Å². The molecule has 0 amide bonds. The second kappa shape index (κ2) is 4.97. The highest BCUT2D eigenvalue weighted by molar-refractivity contribution is 6.29. The maximum Gasteiger partial charge on any atom is 0.330 e. The fourth-order valence-electron chi connectivity index (χ4n) is 2.00. The van der Waals surface area contributed by atoms with Gasteiger partial charge >= 0.3 is 5.69 Å². The summed E-state index contributed by atoms with van der Waals surface area (Å²) < 4.78 is 3.09. The first-order chi connectivity index (χ1) is 8.60. The van der Waals surface area contributed by atoms with Crippen LogP contribution in [0.2, 0.25) is 5.28 Å². The van der Waals surface area contributed by atoms with Crippen LogP contribution in [0.3, 0.4) is 0 Å². The van der Waals surface area contributed by atoms with E-state index in [9.17, 15) is 9.59 Å². The van der Waals surface area contributed by atoms with Gasteiger partial charge in [-0.05, 0) is 24.4 Å². The zero-order chi connectivity index (χ0) is 13.3. The summed E-state index contributed by atoms with van der Waals surface area (Å²) in [6, 6.07) is 0. The monoisotopic (exact) mass is 270 g/mol. The summed E-state index contributed by atoms with van der Waals surface area (Å²) in [5.41, 5.74) is -0.138. The summed E-state index contributed by atoms with van der Waals surface area (Å²) in [4.78, 5) is 30.1. The molecule has 0 fully saturated rings. The Morgan fingerprint density at radius 2 is 1.78 bits per heavy atom. The number of nitrogens with zero attached hydrogens (tertiary/aromatic N) is 3. The van der Waals surface area contributed by atoms with E-state index in [2.05, 4.69) is 9.97 Å². The number of nitrogens with one attached hydrogen (secondary N) is 1. The van der Waals surface area contributed by atoms with E-state index in [1.807, 2.05) is 13.8 Å². The number of aryl methyl sites for hydroxylation is 2. The molecule has 0 aliphatic rings. The van der Waals surface area contributed by atoms with Gasteiger partial charge in [0, 0.05) is 13.1 Å². The molecule has 2 heterocycles. The fourth-order valence-corrected chi connectivity index (χ4v) is 2.25. The van der Waals surface area contributed by atoms with Gasteiger partial charge in [0.25, 0.3) is 5.56 Å². The highest BCUT2D eigenvalue weighted by Gasteiger charge is 2.16. The van der Waals surface area contributed by atoms with Crippen molar-refractivity contribution in [2.75, 3.05) is 0 Å². The maximum absolute atomic E-state index is 11.9. The normalized spacial score (nSPS) is 11.3. The van der Waals surface area contributed by atoms with Crippen molar-refractivity contribution in [3.05, 3.63) is 26.1 Å². The number of aromatic amines is 1. The van der Waals surface area contributed by atoms with Gasteiger partial charge in [-0.25, -0.2) is 4.79 Å². The molecule has 2 rings (SSSR count). The number of H-pyrrole nitrogens is 1. The van der Waals surface area contributed by atoms with E-state index >= 15 is 0 Å². The molecule has 0 aliphatic heterocycles. The van der Waals surface area contributed by atoms with Gasteiger partial charge in [-0.1, -0.05) is 13.8 Å². The molecule has 6 nitrogen and oxygen atoms in total. The number of rotatable bonds is 4. The molecule has 2 aromatic heterocycles. The van der Waals surface area contributed by atoms with Gasteiger partial charge in [-0.15, -0.1) is 0 Å². The first-order valence-electron chi connectivity index (χ1n) is 5.99. The van der Waals surface area contributed by atoms with E-state index in [0.29, 0.717) is 24.3 Å². The summed E-state index contributed by atoms with van der Waals surface area (Å²) in [6.45, 7) is 5.04. The minimum atomic E-state index is -0.438. The van der Waals surface area contributed by atoms with Crippen LogP contribution >= 0.6 is 11.6 Å². The molecule has 0 bridgehead atoms. The van der Waals surface area contributed by atoms with Gasteiger partial charge in [-0.2, -0.15) is 4.98 Å². The Kier molecular flexibility index (Phi) is 3.56. The van der Waals surface area contributed by atoms with E-state index in [-0.39, 0.29) is 5.28 Å². The van der Waals surface area contributed by atoms with Gasteiger partial charge < -0.3 is 4.57 Å². The number of imidazole rings is 1. The molecule has 2 aromatic rings. The van der Waals surface area contributed by atoms with Crippen molar-refractivity contribution in [3.8, 4) is 0 Å². The average molecular weight is 271 g/mol. The quantitative estimate of drug-likeness (QED) is 0.853. The molecular weight excluding hydrogens is 256 g/mol. The molecule has 0 saturated carbocycles. The van der Waals surface area contributed by atoms with Crippen molar-refractivity contribution in [3.63, 3.8) is 0 Å². The van der Waals surface area contributed by atoms with E-state index in [4.69, 9.17) is 11.6 Å². The van der Waals surface area contributed by atoms with Gasteiger partial charge in [-0.3, -0.25) is 14.3 Å². The SMILES string of the molecule is CCCn1c(Cl)nc2c1c(=O)[nH]c(=O)n2CCC. The third-order valence-corrected chi connectivity index (χ3v) is 3.02. The standard InChI is InChI=1S/C11H15ClN4O2/c1-3-5-15-7-8(13-10(15)12)16(6-4-2)11(18)14-9(7)17/h3-6H2,1-2H3,(H,14,17,18). The smallest absolute Gasteiger partial charge is 0.309 e. The largest absolute Gasteiger partial charge is 0.330 e. The van der Waals surface area contributed by atoms with Crippen LogP contribution in [0.4, 0.5) is 0 Å². The Morgan fingerprint density at radius 1 is 1.17 bits per heavy atom. The number of halogens is 1. The Morgan fingerprint density at radius 3 is 2.39 bits per heavy atom. The molecule has 1 N–H and O–H groups in total. The summed E-state index contributed by atoms with van der Waals surface area (Å²) >= 11 is 6.03. The third kappa shape index (κ3) is 1.96. The molecular formula is C11H15ClN4O2. The topological polar surface area (TPSA) is 72.7 Å². The predicted octanol–water partition coefficient (Wildman–Crippen LogP) is 1.36. The number of fused-ring (bicyclic) bond motifs is 1. The summed E-state index contributed by atoms with van der Waals surface area (Å²) in [6.07, 6.45) is 1.61. The number of aromatic nitrogens is 4. The van der Waals surface area contributed by atoms with E-state index in [1.165, 1.54) is 4.57 Å². The van der Waals surface area contributed by atoms with Crippen LogP contribution in [0.1, 0.15) is 26.7 Å². The Hall–Kier alpha value is -1.56. The lowest BCUT2D eigenvalue weighted by Gasteiger charge is -2.05.